The van der Waals surface area contributed by atoms with Gasteiger partial charge in [0, 0.05) is 31.6 Å². The highest BCUT2D eigenvalue weighted by Gasteiger charge is 2.34. The van der Waals surface area contributed by atoms with Crippen LogP contribution in [0.2, 0.25) is 0 Å². The van der Waals surface area contributed by atoms with Gasteiger partial charge in [0.1, 0.15) is 23.0 Å². The lowest BCUT2D eigenvalue weighted by Crippen LogP contribution is -2.56. The van der Waals surface area contributed by atoms with Crippen LogP contribution in [0, 0.1) is 12.8 Å². The molecule has 2 heterocycles. The first-order valence-electron chi connectivity index (χ1n) is 12.1. The van der Waals surface area contributed by atoms with Crippen molar-refractivity contribution in [2.75, 3.05) is 26.7 Å². The standard InChI is InChI=1S/C27H33N3O3/c1-18-9-11-23-25(15-18)33-24-12-10-21(32-3)16-22(24)26(28-23)29-13-14-30(19(2)17-29)27(31)20-7-5-4-6-8-20/h9-12,15-16,19-20H,4-8,13-14,17H2,1-3H3/t19-/m0/s1. The summed E-state index contributed by atoms with van der Waals surface area (Å²) < 4.78 is 11.8. The molecule has 2 fully saturated rings. The van der Waals surface area contributed by atoms with Crippen molar-refractivity contribution in [2.24, 2.45) is 10.9 Å². The summed E-state index contributed by atoms with van der Waals surface area (Å²) in [6.07, 6.45) is 5.70. The number of carbonyl (C=O) groups excluding carboxylic acids is 1. The zero-order valence-corrected chi connectivity index (χ0v) is 19.8. The fourth-order valence-corrected chi connectivity index (χ4v) is 5.29. The minimum absolute atomic E-state index is 0.131. The van der Waals surface area contributed by atoms with Crippen LogP contribution in [-0.2, 0) is 4.79 Å². The Morgan fingerprint density at radius 1 is 1.06 bits per heavy atom. The largest absolute Gasteiger partial charge is 0.497 e. The highest BCUT2D eigenvalue weighted by Crippen LogP contribution is 2.40. The van der Waals surface area contributed by atoms with Gasteiger partial charge in [0.25, 0.3) is 0 Å². The van der Waals surface area contributed by atoms with Crippen LogP contribution in [0.5, 0.6) is 17.2 Å². The number of aryl methyl sites for hydroxylation is 1. The average molecular weight is 448 g/mol. The molecule has 3 aliphatic rings. The third-order valence-corrected chi connectivity index (χ3v) is 7.15. The molecule has 1 aliphatic carbocycles. The van der Waals surface area contributed by atoms with E-state index in [2.05, 4.69) is 29.7 Å². The molecule has 1 atom stereocenters. The number of piperazine rings is 1. The second-order valence-electron chi connectivity index (χ2n) is 9.53. The second kappa shape index (κ2) is 9.08. The highest BCUT2D eigenvalue weighted by atomic mass is 16.5. The molecule has 33 heavy (non-hydrogen) atoms. The van der Waals surface area contributed by atoms with E-state index in [1.165, 1.54) is 19.3 Å². The van der Waals surface area contributed by atoms with Gasteiger partial charge in [-0.2, -0.15) is 0 Å². The lowest BCUT2D eigenvalue weighted by atomic mass is 9.87. The number of methoxy groups -OCH3 is 1. The number of hydrogen-bond acceptors (Lipinski definition) is 5. The molecule has 2 aliphatic heterocycles. The third-order valence-electron chi connectivity index (χ3n) is 7.15. The van der Waals surface area contributed by atoms with Crippen LogP contribution in [0.15, 0.2) is 41.4 Å². The number of carbonyl (C=O) groups is 1. The van der Waals surface area contributed by atoms with Crippen molar-refractivity contribution in [1.29, 1.82) is 0 Å². The van der Waals surface area contributed by atoms with Crippen LogP contribution in [0.25, 0.3) is 0 Å². The Morgan fingerprint density at radius 3 is 2.64 bits per heavy atom. The number of ether oxygens (including phenoxy) is 2. The van der Waals surface area contributed by atoms with E-state index in [9.17, 15) is 4.79 Å². The van der Waals surface area contributed by atoms with E-state index in [-0.39, 0.29) is 12.0 Å². The van der Waals surface area contributed by atoms with Gasteiger partial charge in [-0.05, 0) is 62.6 Å². The minimum atomic E-state index is 0.131. The van der Waals surface area contributed by atoms with Crippen LogP contribution in [0.4, 0.5) is 5.69 Å². The van der Waals surface area contributed by atoms with Crippen molar-refractivity contribution in [3.05, 3.63) is 47.5 Å². The Balaban J connectivity index is 1.45. The van der Waals surface area contributed by atoms with Crippen LogP contribution in [-0.4, -0.2) is 54.3 Å². The molecule has 2 aromatic rings. The summed E-state index contributed by atoms with van der Waals surface area (Å²) in [6, 6.07) is 12.1. The maximum atomic E-state index is 13.2. The van der Waals surface area contributed by atoms with E-state index in [0.29, 0.717) is 5.91 Å². The number of amides is 1. The molecule has 1 saturated heterocycles. The molecule has 6 heteroatoms. The van der Waals surface area contributed by atoms with E-state index in [4.69, 9.17) is 14.5 Å². The first kappa shape index (κ1) is 21.8. The summed E-state index contributed by atoms with van der Waals surface area (Å²) in [6.45, 7) is 6.42. The topological polar surface area (TPSA) is 54.4 Å². The Hall–Kier alpha value is -3.02. The van der Waals surface area contributed by atoms with E-state index in [0.717, 1.165) is 72.4 Å². The van der Waals surface area contributed by atoms with Crippen LogP contribution in [0.1, 0.15) is 50.2 Å². The number of aliphatic imine (C=N–C) groups is 1. The zero-order valence-electron chi connectivity index (χ0n) is 19.8. The predicted octanol–water partition coefficient (Wildman–Crippen LogP) is 5.30. The van der Waals surface area contributed by atoms with Gasteiger partial charge in [0.15, 0.2) is 5.75 Å². The summed E-state index contributed by atoms with van der Waals surface area (Å²) in [5, 5.41) is 0. The molecule has 0 bridgehead atoms. The van der Waals surface area contributed by atoms with Crippen molar-refractivity contribution in [2.45, 2.75) is 52.0 Å². The van der Waals surface area contributed by atoms with Crippen LogP contribution in [0.3, 0.4) is 0 Å². The molecule has 174 valence electrons. The summed E-state index contributed by atoms with van der Waals surface area (Å²) in [5.41, 5.74) is 2.87. The highest BCUT2D eigenvalue weighted by molar-refractivity contribution is 6.04. The quantitative estimate of drug-likeness (QED) is 0.627. The van der Waals surface area contributed by atoms with Crippen molar-refractivity contribution < 1.29 is 14.3 Å². The molecule has 0 unspecified atom stereocenters. The van der Waals surface area contributed by atoms with Crippen LogP contribution < -0.4 is 9.47 Å². The van der Waals surface area contributed by atoms with Gasteiger partial charge in [-0.25, -0.2) is 4.99 Å². The molecule has 5 rings (SSSR count). The van der Waals surface area contributed by atoms with Gasteiger partial charge in [-0.15, -0.1) is 0 Å². The molecule has 1 saturated carbocycles. The number of fused-ring (bicyclic) bond motifs is 2. The molecule has 2 aromatic carbocycles. The molecule has 0 N–H and O–H groups in total. The molecular formula is C27H33N3O3. The smallest absolute Gasteiger partial charge is 0.226 e. The summed E-state index contributed by atoms with van der Waals surface area (Å²) in [7, 11) is 1.67. The number of amidine groups is 1. The monoisotopic (exact) mass is 447 g/mol. The number of nitrogens with zero attached hydrogens (tertiary/aromatic N) is 3. The Bertz CT molecular complexity index is 1070. The molecule has 0 aromatic heterocycles. The molecular weight excluding hydrogens is 414 g/mol. The first-order chi connectivity index (χ1) is 16.0. The number of hydrogen-bond donors (Lipinski definition) is 0. The maximum Gasteiger partial charge on any atom is 0.226 e. The lowest BCUT2D eigenvalue weighted by molar-refractivity contribution is -0.140. The fraction of sp³-hybridized carbons (Fsp3) is 0.481. The second-order valence-corrected chi connectivity index (χ2v) is 9.53. The first-order valence-corrected chi connectivity index (χ1v) is 12.1. The molecule has 0 spiro atoms. The van der Waals surface area contributed by atoms with Crippen molar-refractivity contribution in [1.82, 2.24) is 9.80 Å². The summed E-state index contributed by atoms with van der Waals surface area (Å²) in [4.78, 5) is 22.7. The van der Waals surface area contributed by atoms with Gasteiger partial charge in [0.05, 0.1) is 12.7 Å². The SMILES string of the molecule is COc1ccc2c(c1)C(N1CCN(C(=O)C3CCCCC3)[C@@H](C)C1)=Nc1ccc(C)cc1O2. The summed E-state index contributed by atoms with van der Waals surface area (Å²) in [5.74, 6) is 3.73. The number of benzene rings is 2. The Morgan fingerprint density at radius 2 is 1.88 bits per heavy atom. The van der Waals surface area contributed by atoms with E-state index in [1.807, 2.05) is 30.3 Å². The average Bonchev–Trinajstić information content (AvgIpc) is 3.00. The zero-order chi connectivity index (χ0) is 22.9. The van der Waals surface area contributed by atoms with Gasteiger partial charge in [-0.3, -0.25) is 4.79 Å². The van der Waals surface area contributed by atoms with Crippen molar-refractivity contribution >= 4 is 17.4 Å². The maximum absolute atomic E-state index is 13.2. The predicted molar refractivity (Wildman–Crippen MR) is 130 cm³/mol. The normalized spacial score (nSPS) is 20.8. The fourth-order valence-electron chi connectivity index (χ4n) is 5.29. The molecule has 0 radical (unpaired) electrons. The third kappa shape index (κ3) is 4.31. The lowest BCUT2D eigenvalue weighted by Gasteiger charge is -2.43. The molecule has 6 nitrogen and oxygen atoms in total. The van der Waals surface area contributed by atoms with Crippen LogP contribution >= 0.6 is 0 Å². The Kier molecular flexibility index (Phi) is 6.00. The molecule has 1 amide bonds. The minimum Gasteiger partial charge on any atom is -0.497 e. The van der Waals surface area contributed by atoms with Gasteiger partial charge in [-0.1, -0.05) is 25.3 Å². The Labute approximate surface area is 196 Å². The summed E-state index contributed by atoms with van der Waals surface area (Å²) >= 11 is 0. The van der Waals surface area contributed by atoms with E-state index < -0.39 is 0 Å². The van der Waals surface area contributed by atoms with Crippen molar-refractivity contribution in [3.63, 3.8) is 0 Å². The van der Waals surface area contributed by atoms with E-state index >= 15 is 0 Å². The van der Waals surface area contributed by atoms with Gasteiger partial charge < -0.3 is 19.3 Å². The van der Waals surface area contributed by atoms with Gasteiger partial charge >= 0.3 is 0 Å². The van der Waals surface area contributed by atoms with Crippen molar-refractivity contribution in [3.8, 4) is 17.2 Å². The number of rotatable bonds is 2. The van der Waals surface area contributed by atoms with Gasteiger partial charge in [0.2, 0.25) is 5.91 Å². The van der Waals surface area contributed by atoms with E-state index in [1.54, 1.807) is 7.11 Å².